The summed E-state index contributed by atoms with van der Waals surface area (Å²) in [6.45, 7) is 4.68. The van der Waals surface area contributed by atoms with Crippen molar-refractivity contribution in [1.82, 2.24) is 4.90 Å². The van der Waals surface area contributed by atoms with E-state index in [-0.39, 0.29) is 12.5 Å². The van der Waals surface area contributed by atoms with E-state index in [1.54, 1.807) is 31.4 Å². The Morgan fingerprint density at radius 2 is 1.58 bits per heavy atom. The van der Waals surface area contributed by atoms with Crippen LogP contribution in [0.1, 0.15) is 5.56 Å². The first kappa shape index (κ1) is 23.0. The molecule has 0 saturated carbocycles. The third kappa shape index (κ3) is 6.40. The molecular formula is C26H28ClN3O3. The summed E-state index contributed by atoms with van der Waals surface area (Å²) in [4.78, 5) is 17.0. The van der Waals surface area contributed by atoms with E-state index >= 15 is 0 Å². The molecule has 0 radical (unpaired) electrons. The lowest BCUT2D eigenvalue weighted by Crippen LogP contribution is -2.46. The Hall–Kier alpha value is -3.22. The van der Waals surface area contributed by atoms with E-state index in [0.717, 1.165) is 54.9 Å². The summed E-state index contributed by atoms with van der Waals surface area (Å²) in [6, 6.07) is 23.1. The highest BCUT2D eigenvalue weighted by atomic mass is 35.5. The number of benzene rings is 3. The van der Waals surface area contributed by atoms with Gasteiger partial charge in [-0.2, -0.15) is 0 Å². The number of ether oxygens (including phenoxy) is 2. The molecule has 0 bridgehead atoms. The third-order valence-electron chi connectivity index (χ3n) is 5.67. The van der Waals surface area contributed by atoms with Crippen LogP contribution >= 0.6 is 11.6 Å². The van der Waals surface area contributed by atoms with E-state index in [9.17, 15) is 4.79 Å². The van der Waals surface area contributed by atoms with Gasteiger partial charge in [-0.05, 0) is 60.2 Å². The van der Waals surface area contributed by atoms with Crippen molar-refractivity contribution in [3.63, 3.8) is 0 Å². The normalized spacial score (nSPS) is 14.1. The fraction of sp³-hybridized carbons (Fsp3) is 0.269. The van der Waals surface area contributed by atoms with Crippen LogP contribution in [0.4, 0.5) is 11.4 Å². The lowest BCUT2D eigenvalue weighted by atomic mass is 10.2. The maximum atomic E-state index is 12.2. The molecule has 4 rings (SSSR count). The second-order valence-corrected chi connectivity index (χ2v) is 8.32. The van der Waals surface area contributed by atoms with Gasteiger partial charge in [0.25, 0.3) is 5.91 Å². The molecule has 172 valence electrons. The molecule has 1 heterocycles. The van der Waals surface area contributed by atoms with Crippen LogP contribution in [-0.2, 0) is 11.3 Å². The van der Waals surface area contributed by atoms with Gasteiger partial charge in [0, 0.05) is 49.1 Å². The zero-order valence-corrected chi connectivity index (χ0v) is 19.4. The molecule has 0 aromatic heterocycles. The summed E-state index contributed by atoms with van der Waals surface area (Å²) < 4.78 is 10.6. The van der Waals surface area contributed by atoms with Gasteiger partial charge in [0.05, 0.1) is 7.11 Å². The predicted molar refractivity (Wildman–Crippen MR) is 133 cm³/mol. The van der Waals surface area contributed by atoms with E-state index in [1.807, 2.05) is 42.5 Å². The Bertz CT molecular complexity index is 1050. The highest BCUT2D eigenvalue weighted by Crippen LogP contribution is 2.22. The van der Waals surface area contributed by atoms with Gasteiger partial charge < -0.3 is 19.7 Å². The largest absolute Gasteiger partial charge is 0.497 e. The van der Waals surface area contributed by atoms with Crippen molar-refractivity contribution >= 4 is 28.9 Å². The summed E-state index contributed by atoms with van der Waals surface area (Å²) in [5, 5.41) is 3.70. The number of hydrogen-bond donors (Lipinski definition) is 1. The Morgan fingerprint density at radius 3 is 2.24 bits per heavy atom. The number of carbonyl (C=O) groups is 1. The molecule has 7 heteroatoms. The van der Waals surface area contributed by atoms with Crippen LogP contribution < -0.4 is 19.7 Å². The number of nitrogens with zero attached hydrogens (tertiary/aromatic N) is 2. The molecule has 0 unspecified atom stereocenters. The Morgan fingerprint density at radius 1 is 0.909 bits per heavy atom. The van der Waals surface area contributed by atoms with Crippen molar-refractivity contribution in [3.8, 4) is 11.5 Å². The van der Waals surface area contributed by atoms with Gasteiger partial charge in [0.2, 0.25) is 0 Å². The summed E-state index contributed by atoms with van der Waals surface area (Å²) in [7, 11) is 1.61. The highest BCUT2D eigenvalue weighted by Gasteiger charge is 2.18. The molecule has 1 saturated heterocycles. The van der Waals surface area contributed by atoms with Crippen LogP contribution in [-0.4, -0.2) is 50.7 Å². The monoisotopic (exact) mass is 465 g/mol. The molecular weight excluding hydrogens is 438 g/mol. The van der Waals surface area contributed by atoms with Crippen molar-refractivity contribution < 1.29 is 14.3 Å². The standard InChI is InChI=1S/C26H28ClN3O3/c1-32-23-10-12-24(13-11-23)33-19-26(31)28-21-6-8-22(9-7-21)30-16-14-29(15-17-30)18-20-4-2-3-5-25(20)27/h2-13H,14-19H2,1H3,(H,28,31). The zero-order chi connectivity index (χ0) is 23.0. The van der Waals surface area contributed by atoms with Gasteiger partial charge in [-0.25, -0.2) is 0 Å². The SMILES string of the molecule is COc1ccc(OCC(=O)Nc2ccc(N3CCN(Cc4ccccc4Cl)CC3)cc2)cc1. The van der Waals surface area contributed by atoms with Crippen LogP contribution in [0.15, 0.2) is 72.8 Å². The number of methoxy groups -OCH3 is 1. The molecule has 1 amide bonds. The maximum Gasteiger partial charge on any atom is 0.262 e. The average Bonchev–Trinajstić information content (AvgIpc) is 2.85. The molecule has 33 heavy (non-hydrogen) atoms. The first-order chi connectivity index (χ1) is 16.1. The Labute approximate surface area is 199 Å². The highest BCUT2D eigenvalue weighted by molar-refractivity contribution is 6.31. The van der Waals surface area contributed by atoms with E-state index in [1.165, 1.54) is 5.56 Å². The third-order valence-corrected chi connectivity index (χ3v) is 6.04. The number of halogens is 1. The van der Waals surface area contributed by atoms with Gasteiger partial charge in [-0.1, -0.05) is 29.8 Å². The topological polar surface area (TPSA) is 54.0 Å². The first-order valence-corrected chi connectivity index (χ1v) is 11.4. The van der Waals surface area contributed by atoms with E-state index in [2.05, 4.69) is 21.2 Å². The molecule has 1 N–H and O–H groups in total. The number of rotatable bonds is 8. The molecule has 1 fully saturated rings. The smallest absolute Gasteiger partial charge is 0.262 e. The second kappa shape index (κ2) is 11.1. The van der Waals surface area contributed by atoms with Crippen molar-refractivity contribution in [1.29, 1.82) is 0 Å². The van der Waals surface area contributed by atoms with Crippen LogP contribution in [0, 0.1) is 0 Å². The van der Waals surface area contributed by atoms with Crippen LogP contribution in [0.25, 0.3) is 0 Å². The number of piperazine rings is 1. The molecule has 1 aliphatic rings. The van der Waals surface area contributed by atoms with Gasteiger partial charge in [0.1, 0.15) is 11.5 Å². The lowest BCUT2D eigenvalue weighted by Gasteiger charge is -2.36. The van der Waals surface area contributed by atoms with Gasteiger partial charge >= 0.3 is 0 Å². The number of nitrogens with one attached hydrogen (secondary N) is 1. The van der Waals surface area contributed by atoms with E-state index < -0.39 is 0 Å². The molecule has 3 aromatic carbocycles. The molecule has 6 nitrogen and oxygen atoms in total. The van der Waals surface area contributed by atoms with Crippen LogP contribution in [0.3, 0.4) is 0 Å². The van der Waals surface area contributed by atoms with Crippen molar-refractivity contribution in [2.75, 3.05) is 50.1 Å². The molecule has 3 aromatic rings. The number of hydrogen-bond acceptors (Lipinski definition) is 5. The fourth-order valence-electron chi connectivity index (χ4n) is 3.81. The fourth-order valence-corrected chi connectivity index (χ4v) is 4.00. The summed E-state index contributed by atoms with van der Waals surface area (Å²) in [6.07, 6.45) is 0. The van der Waals surface area contributed by atoms with Gasteiger partial charge in [-0.15, -0.1) is 0 Å². The van der Waals surface area contributed by atoms with E-state index in [4.69, 9.17) is 21.1 Å². The summed E-state index contributed by atoms with van der Waals surface area (Å²) in [5.41, 5.74) is 3.07. The minimum Gasteiger partial charge on any atom is -0.497 e. The number of carbonyl (C=O) groups excluding carboxylic acids is 1. The predicted octanol–water partition coefficient (Wildman–Crippen LogP) is 4.69. The molecule has 0 aliphatic carbocycles. The minimum absolute atomic E-state index is 0.0541. The maximum absolute atomic E-state index is 12.2. The van der Waals surface area contributed by atoms with Crippen LogP contribution in [0.2, 0.25) is 5.02 Å². The van der Waals surface area contributed by atoms with Crippen molar-refractivity contribution in [2.24, 2.45) is 0 Å². The zero-order valence-electron chi connectivity index (χ0n) is 18.7. The quantitative estimate of drug-likeness (QED) is 0.523. The lowest BCUT2D eigenvalue weighted by molar-refractivity contribution is -0.118. The second-order valence-electron chi connectivity index (χ2n) is 7.91. The summed E-state index contributed by atoms with van der Waals surface area (Å²) in [5.74, 6) is 1.16. The number of amides is 1. The number of anilines is 2. The minimum atomic E-state index is -0.202. The van der Waals surface area contributed by atoms with Crippen molar-refractivity contribution in [3.05, 3.63) is 83.4 Å². The van der Waals surface area contributed by atoms with Crippen LogP contribution in [0.5, 0.6) is 11.5 Å². The molecule has 0 spiro atoms. The Kier molecular flexibility index (Phi) is 7.70. The summed E-state index contributed by atoms with van der Waals surface area (Å²) >= 11 is 6.30. The van der Waals surface area contributed by atoms with Crippen molar-refractivity contribution in [2.45, 2.75) is 6.54 Å². The molecule has 1 aliphatic heterocycles. The molecule has 0 atom stereocenters. The van der Waals surface area contributed by atoms with Gasteiger partial charge in [-0.3, -0.25) is 9.69 Å². The Balaban J connectivity index is 1.22. The first-order valence-electron chi connectivity index (χ1n) is 11.0. The van der Waals surface area contributed by atoms with Gasteiger partial charge in [0.15, 0.2) is 6.61 Å². The average molecular weight is 466 g/mol. The van der Waals surface area contributed by atoms with E-state index in [0.29, 0.717) is 5.75 Å².